The third-order valence-corrected chi connectivity index (χ3v) is 4.28. The van der Waals surface area contributed by atoms with Crippen LogP contribution in [0, 0.1) is 14.4 Å². The monoisotopic (exact) mass is 484 g/mol. The summed E-state index contributed by atoms with van der Waals surface area (Å²) in [7, 11) is 0. The summed E-state index contributed by atoms with van der Waals surface area (Å²) in [4.78, 5) is 16.2. The normalized spacial score (nSPS) is 9.97. The van der Waals surface area contributed by atoms with Gasteiger partial charge in [0.2, 0.25) is 0 Å². The minimum Gasteiger partial charge on any atom is -0.542 e. The summed E-state index contributed by atoms with van der Waals surface area (Å²) in [5, 5.41) is 1.20. The molecule has 1 N–H and O–H groups in total. The van der Waals surface area contributed by atoms with Crippen LogP contribution < -0.4 is 51.4 Å². The Morgan fingerprint density at radius 2 is 1.74 bits per heavy atom. The third kappa shape index (κ3) is 13.4. The number of allylic oxidation sites excluding steroid dienone is 5. The van der Waals surface area contributed by atoms with Crippen LogP contribution in [0.2, 0.25) is 0 Å². The maximum Gasteiger partial charge on any atom is 1.00 e. The van der Waals surface area contributed by atoms with E-state index in [0.29, 0.717) is 0 Å². The fourth-order valence-electron chi connectivity index (χ4n) is 2.81. The quantitative estimate of drug-likeness (QED) is 0.288. The van der Waals surface area contributed by atoms with Gasteiger partial charge in [0.25, 0.3) is 0 Å². The third-order valence-electron chi connectivity index (χ3n) is 4.28. The summed E-state index contributed by atoms with van der Waals surface area (Å²) in [5.74, 6) is 0. The summed E-state index contributed by atoms with van der Waals surface area (Å²) >= 11 is 0. The zero-order chi connectivity index (χ0) is 24.4. The zero-order valence-electron chi connectivity index (χ0n) is 22.5. The van der Waals surface area contributed by atoms with E-state index in [9.17, 15) is 0 Å². The number of pyridine rings is 1. The molecule has 3 nitrogen and oxygen atoms in total. The molecule has 4 heteroatoms. The molecule has 3 aromatic rings. The molecule has 0 saturated carbocycles. The molecular formula is C30H41KN2O-2. The first kappa shape index (κ1) is 37.0. The van der Waals surface area contributed by atoms with Crippen molar-refractivity contribution in [3.05, 3.63) is 105 Å². The Morgan fingerprint density at radius 1 is 1.18 bits per heavy atom. The zero-order valence-corrected chi connectivity index (χ0v) is 25.7. The number of rotatable bonds is 5. The van der Waals surface area contributed by atoms with Gasteiger partial charge < -0.3 is 24.1 Å². The van der Waals surface area contributed by atoms with Gasteiger partial charge in [-0.2, -0.15) is 13.3 Å². The van der Waals surface area contributed by atoms with E-state index in [2.05, 4.69) is 79.8 Å². The van der Waals surface area contributed by atoms with Crippen molar-refractivity contribution in [1.29, 1.82) is 0 Å². The van der Waals surface area contributed by atoms with E-state index in [0.717, 1.165) is 23.9 Å². The molecular weight excluding hydrogens is 443 g/mol. The summed E-state index contributed by atoms with van der Waals surface area (Å²) in [6, 6.07) is 10.8. The maximum absolute atomic E-state index is 8.68. The van der Waals surface area contributed by atoms with Crippen molar-refractivity contribution in [3.63, 3.8) is 0 Å². The van der Waals surface area contributed by atoms with Crippen molar-refractivity contribution < 1.29 is 56.2 Å². The second-order valence-electron chi connectivity index (χ2n) is 6.66. The fourth-order valence-corrected chi connectivity index (χ4v) is 2.81. The van der Waals surface area contributed by atoms with E-state index in [1.165, 1.54) is 40.9 Å². The molecule has 0 bridgehead atoms. The number of fused-ring (bicyclic) bond motifs is 1. The predicted octanol–water partition coefficient (Wildman–Crippen LogP) is 5.68. The van der Waals surface area contributed by atoms with Crippen molar-refractivity contribution in [1.82, 2.24) is 9.97 Å². The Labute approximate surface area is 251 Å². The van der Waals surface area contributed by atoms with E-state index in [4.69, 9.17) is 4.79 Å². The number of aromatic nitrogens is 2. The van der Waals surface area contributed by atoms with E-state index in [1.54, 1.807) is 0 Å². The molecule has 0 fully saturated rings. The summed E-state index contributed by atoms with van der Waals surface area (Å²) in [6.45, 7) is 18.9. The van der Waals surface area contributed by atoms with E-state index < -0.39 is 0 Å². The Bertz CT molecular complexity index is 982. The standard InChI is InChI=1S/C22H22N2.C3H7.C2H3O.C2H6.CH3.K/c1-4-16(3)12-17(5-2)13-18-6-8-19(9-7-18)21-14-23-15-22-20(21)10-11-24-22;1-3-2;1-2-3;1-2;;/h4-12,14-15,24H,2,13H2,1,3H3;1,3H2,2H3;1H3;1-2H3;1H3;/q;2*-1;;-1;+1/b16-4-,17-12+;;;;;. The summed E-state index contributed by atoms with van der Waals surface area (Å²) in [6.07, 6.45) is 15.4. The summed E-state index contributed by atoms with van der Waals surface area (Å²) in [5.41, 5.74) is 7.17. The van der Waals surface area contributed by atoms with Crippen LogP contribution in [0.1, 0.15) is 53.5 Å². The van der Waals surface area contributed by atoms with E-state index in [1.807, 2.05) is 45.4 Å². The minimum atomic E-state index is 0. The molecule has 0 saturated heterocycles. The molecule has 180 valence electrons. The largest absolute Gasteiger partial charge is 1.00 e. The van der Waals surface area contributed by atoms with Crippen LogP contribution in [0.5, 0.6) is 0 Å². The second kappa shape index (κ2) is 23.2. The number of aromatic amines is 1. The van der Waals surface area contributed by atoms with Gasteiger partial charge in [0, 0.05) is 23.3 Å². The topological polar surface area (TPSA) is 45.8 Å². The molecule has 34 heavy (non-hydrogen) atoms. The minimum absolute atomic E-state index is 0. The average Bonchev–Trinajstić information content (AvgIpc) is 3.30. The van der Waals surface area contributed by atoms with Gasteiger partial charge in [0.15, 0.2) is 0 Å². The number of hydrogen-bond donors (Lipinski definition) is 1. The molecule has 0 atom stereocenters. The molecule has 0 spiro atoms. The Hall–Kier alpha value is -1.56. The number of H-pyrrole nitrogens is 1. The first-order chi connectivity index (χ1) is 15.5. The van der Waals surface area contributed by atoms with Crippen molar-refractivity contribution in [3.8, 4) is 11.1 Å². The van der Waals surface area contributed by atoms with Gasteiger partial charge in [-0.1, -0.05) is 75.4 Å². The fraction of sp³-hybridized carbons (Fsp3) is 0.267. The number of benzene rings is 1. The van der Waals surface area contributed by atoms with Crippen molar-refractivity contribution in [2.24, 2.45) is 0 Å². The molecule has 0 aliphatic carbocycles. The van der Waals surface area contributed by atoms with Crippen LogP contribution in [-0.4, -0.2) is 16.3 Å². The predicted molar refractivity (Wildman–Crippen MR) is 148 cm³/mol. The van der Waals surface area contributed by atoms with Gasteiger partial charge in [-0.3, -0.25) is 11.3 Å². The van der Waals surface area contributed by atoms with Crippen LogP contribution in [0.25, 0.3) is 22.0 Å². The Balaban J connectivity index is -0.000000856. The van der Waals surface area contributed by atoms with Crippen molar-refractivity contribution >= 4 is 17.2 Å². The van der Waals surface area contributed by atoms with Crippen molar-refractivity contribution in [2.45, 2.75) is 54.4 Å². The number of carbonyl (C=O) groups excluding carboxylic acids is 1. The van der Waals surface area contributed by atoms with Gasteiger partial charge in [0.05, 0.1) is 11.7 Å². The number of nitrogens with zero attached hydrogens (tertiary/aromatic N) is 1. The maximum atomic E-state index is 8.68. The molecule has 2 heterocycles. The molecule has 2 aromatic heterocycles. The second-order valence-corrected chi connectivity index (χ2v) is 6.66. The van der Waals surface area contributed by atoms with Crippen LogP contribution >= 0.6 is 0 Å². The average molecular weight is 485 g/mol. The first-order valence-corrected chi connectivity index (χ1v) is 11.1. The molecule has 0 aliphatic rings. The first-order valence-electron chi connectivity index (χ1n) is 11.1. The Morgan fingerprint density at radius 3 is 2.24 bits per heavy atom. The van der Waals surface area contributed by atoms with Crippen LogP contribution in [-0.2, 0) is 11.2 Å². The van der Waals surface area contributed by atoms with Gasteiger partial charge in [-0.15, -0.1) is 0 Å². The molecule has 0 aliphatic heterocycles. The van der Waals surface area contributed by atoms with Crippen LogP contribution in [0.4, 0.5) is 0 Å². The molecule has 0 radical (unpaired) electrons. The van der Waals surface area contributed by atoms with Crippen LogP contribution in [0.3, 0.4) is 0 Å². The van der Waals surface area contributed by atoms with Gasteiger partial charge in [-0.05, 0) is 43.0 Å². The molecule has 0 amide bonds. The summed E-state index contributed by atoms with van der Waals surface area (Å²) < 4.78 is 0. The smallest absolute Gasteiger partial charge is 0.542 e. The van der Waals surface area contributed by atoms with E-state index in [-0.39, 0.29) is 58.8 Å². The SMILES string of the molecule is C=C/C(=C\C(C)=C/C)Cc1ccc(-c2cncc3[nH]ccc23)cc1.CC.C[C-]=O.[CH2-]CC.[CH3-].[K+]. The van der Waals surface area contributed by atoms with E-state index >= 15 is 0 Å². The molecule has 1 aromatic carbocycles. The van der Waals surface area contributed by atoms with Gasteiger partial charge in [-0.25, -0.2) is 0 Å². The van der Waals surface area contributed by atoms with Crippen LogP contribution in [0.15, 0.2) is 84.9 Å². The van der Waals surface area contributed by atoms with Crippen molar-refractivity contribution in [2.75, 3.05) is 0 Å². The number of nitrogens with one attached hydrogen (secondary N) is 1. The molecule has 3 rings (SSSR count). The van der Waals surface area contributed by atoms with Gasteiger partial charge >= 0.3 is 51.4 Å². The van der Waals surface area contributed by atoms with Gasteiger partial charge in [0.1, 0.15) is 0 Å². The number of hydrogen-bond acceptors (Lipinski definition) is 2. The Kier molecular flexibility index (Phi) is 25.2. The molecule has 0 unspecified atom stereocenters.